The fraction of sp³-hybridized carbons (Fsp3) is 0.500. The second kappa shape index (κ2) is 4.58. The molecule has 1 aromatic carbocycles. The number of benzene rings is 1. The highest BCUT2D eigenvalue weighted by Gasteiger charge is 2.17. The molecule has 0 aliphatic carbocycles. The van der Waals surface area contributed by atoms with Gasteiger partial charge >= 0.3 is 0 Å². The maximum absolute atomic E-state index is 5.64. The lowest BCUT2D eigenvalue weighted by atomic mass is 9.89. The summed E-state index contributed by atoms with van der Waals surface area (Å²) in [7, 11) is 0. The van der Waals surface area contributed by atoms with Crippen molar-refractivity contribution in [3.8, 4) is 0 Å². The molecule has 0 spiro atoms. The van der Waals surface area contributed by atoms with Crippen LogP contribution in [0.4, 0.5) is 0 Å². The van der Waals surface area contributed by atoms with Crippen LogP contribution in [0.5, 0.6) is 0 Å². The predicted octanol–water partition coefficient (Wildman–Crippen LogP) is 0.586. The van der Waals surface area contributed by atoms with Crippen molar-refractivity contribution in [1.29, 1.82) is 0 Å². The Labute approximate surface area is 85.5 Å². The molecule has 4 N–H and O–H groups in total. The van der Waals surface area contributed by atoms with Crippen molar-refractivity contribution in [3.63, 3.8) is 0 Å². The van der Waals surface area contributed by atoms with Crippen LogP contribution in [0, 0.1) is 0 Å². The number of nitrogens with two attached hydrogens (primary N) is 2. The van der Waals surface area contributed by atoms with E-state index in [9.17, 15) is 0 Å². The van der Waals surface area contributed by atoms with Gasteiger partial charge in [-0.05, 0) is 17.0 Å². The van der Waals surface area contributed by atoms with Gasteiger partial charge in [-0.15, -0.1) is 0 Å². The van der Waals surface area contributed by atoms with Crippen molar-refractivity contribution in [2.75, 3.05) is 13.1 Å². The first kappa shape index (κ1) is 9.69. The third kappa shape index (κ3) is 2.14. The molecular formula is C12H19N2+. The zero-order valence-corrected chi connectivity index (χ0v) is 8.58. The Bertz CT molecular complexity index is 290. The van der Waals surface area contributed by atoms with Gasteiger partial charge in [0.05, 0.1) is 13.1 Å². The average molecular weight is 191 g/mol. The van der Waals surface area contributed by atoms with Gasteiger partial charge in [0, 0.05) is 19.4 Å². The summed E-state index contributed by atoms with van der Waals surface area (Å²) in [5, 5.41) is 2.41. The van der Waals surface area contributed by atoms with E-state index < -0.39 is 0 Å². The molecule has 0 bridgehead atoms. The maximum Gasteiger partial charge on any atom is 0.0761 e. The van der Waals surface area contributed by atoms with Crippen LogP contribution in [0.1, 0.15) is 29.9 Å². The number of piperidine rings is 1. The molecule has 0 aromatic heterocycles. The van der Waals surface area contributed by atoms with E-state index in [0.717, 1.165) is 5.92 Å². The maximum atomic E-state index is 5.64. The lowest BCUT2D eigenvalue weighted by Crippen LogP contribution is -2.86. The summed E-state index contributed by atoms with van der Waals surface area (Å²) >= 11 is 0. The van der Waals surface area contributed by atoms with Crippen molar-refractivity contribution in [2.24, 2.45) is 5.73 Å². The van der Waals surface area contributed by atoms with E-state index in [-0.39, 0.29) is 0 Å². The Morgan fingerprint density at radius 2 is 2.07 bits per heavy atom. The van der Waals surface area contributed by atoms with Gasteiger partial charge in [0.2, 0.25) is 0 Å². The number of hydrogen-bond acceptors (Lipinski definition) is 1. The topological polar surface area (TPSA) is 42.6 Å². The first-order valence-electron chi connectivity index (χ1n) is 5.50. The first-order valence-corrected chi connectivity index (χ1v) is 5.50. The summed E-state index contributed by atoms with van der Waals surface area (Å²) in [5.41, 5.74) is 8.39. The van der Waals surface area contributed by atoms with Crippen molar-refractivity contribution in [1.82, 2.24) is 0 Å². The van der Waals surface area contributed by atoms with E-state index in [0.29, 0.717) is 6.54 Å². The Balaban J connectivity index is 2.13. The third-order valence-electron chi connectivity index (χ3n) is 3.10. The monoisotopic (exact) mass is 191 g/mol. The van der Waals surface area contributed by atoms with Gasteiger partial charge in [-0.2, -0.15) is 0 Å². The van der Waals surface area contributed by atoms with Gasteiger partial charge in [-0.1, -0.05) is 24.3 Å². The van der Waals surface area contributed by atoms with Crippen LogP contribution < -0.4 is 11.1 Å². The van der Waals surface area contributed by atoms with Crippen molar-refractivity contribution < 1.29 is 5.32 Å². The third-order valence-corrected chi connectivity index (χ3v) is 3.10. The Kier molecular flexibility index (Phi) is 3.17. The van der Waals surface area contributed by atoms with E-state index in [4.69, 9.17) is 5.73 Å². The second-order valence-corrected chi connectivity index (χ2v) is 4.09. The van der Waals surface area contributed by atoms with Crippen LogP contribution in [-0.2, 0) is 6.54 Å². The lowest BCUT2D eigenvalue weighted by molar-refractivity contribution is -0.663. The highest BCUT2D eigenvalue weighted by atomic mass is 14.9. The van der Waals surface area contributed by atoms with E-state index in [1.807, 2.05) is 0 Å². The normalized spacial score (nSPS) is 18.4. The van der Waals surface area contributed by atoms with E-state index in [1.165, 1.54) is 37.1 Å². The van der Waals surface area contributed by atoms with Crippen LogP contribution in [-0.4, -0.2) is 13.1 Å². The van der Waals surface area contributed by atoms with Crippen LogP contribution in [0.3, 0.4) is 0 Å². The number of rotatable bonds is 2. The van der Waals surface area contributed by atoms with Crippen LogP contribution in [0.25, 0.3) is 0 Å². The summed E-state index contributed by atoms with van der Waals surface area (Å²) in [6, 6.07) is 8.76. The smallest absolute Gasteiger partial charge is 0.0761 e. The van der Waals surface area contributed by atoms with Gasteiger partial charge in [-0.25, -0.2) is 0 Å². The SMILES string of the molecule is NCc1cccc(C2CC[NH2+]CC2)c1. The quantitative estimate of drug-likeness (QED) is 0.706. The average Bonchev–Trinajstić information content (AvgIpc) is 2.30. The van der Waals surface area contributed by atoms with E-state index in [2.05, 4.69) is 29.6 Å². The number of quaternary nitrogens is 1. The Morgan fingerprint density at radius 3 is 2.79 bits per heavy atom. The zero-order valence-electron chi connectivity index (χ0n) is 8.58. The summed E-state index contributed by atoms with van der Waals surface area (Å²) in [5.74, 6) is 0.770. The molecule has 1 aliphatic rings. The highest BCUT2D eigenvalue weighted by Crippen LogP contribution is 2.24. The minimum absolute atomic E-state index is 0.659. The summed E-state index contributed by atoms with van der Waals surface area (Å²) in [6.45, 7) is 3.21. The molecule has 14 heavy (non-hydrogen) atoms. The van der Waals surface area contributed by atoms with Crippen molar-refractivity contribution >= 4 is 0 Å². The molecule has 2 nitrogen and oxygen atoms in total. The predicted molar refractivity (Wildman–Crippen MR) is 58.0 cm³/mol. The highest BCUT2D eigenvalue weighted by molar-refractivity contribution is 5.26. The molecule has 1 aliphatic heterocycles. The molecule has 0 unspecified atom stereocenters. The molecule has 0 atom stereocenters. The molecule has 2 rings (SSSR count). The fourth-order valence-electron chi connectivity index (χ4n) is 2.23. The van der Waals surface area contributed by atoms with Gasteiger partial charge in [0.25, 0.3) is 0 Å². The van der Waals surface area contributed by atoms with Gasteiger partial charge in [0.15, 0.2) is 0 Å². The van der Waals surface area contributed by atoms with Gasteiger partial charge in [-0.3, -0.25) is 0 Å². The number of hydrogen-bond donors (Lipinski definition) is 2. The first-order chi connectivity index (χ1) is 6.90. The molecule has 1 heterocycles. The van der Waals surface area contributed by atoms with Gasteiger partial charge in [0.1, 0.15) is 0 Å². The molecule has 0 radical (unpaired) electrons. The van der Waals surface area contributed by atoms with Crippen LogP contribution >= 0.6 is 0 Å². The Hall–Kier alpha value is -0.860. The molecule has 0 amide bonds. The summed E-state index contributed by atoms with van der Waals surface area (Å²) in [6.07, 6.45) is 2.63. The van der Waals surface area contributed by atoms with E-state index in [1.54, 1.807) is 0 Å². The van der Waals surface area contributed by atoms with Crippen molar-refractivity contribution in [2.45, 2.75) is 25.3 Å². The molecule has 1 aromatic rings. The van der Waals surface area contributed by atoms with Crippen molar-refractivity contribution in [3.05, 3.63) is 35.4 Å². The van der Waals surface area contributed by atoms with Crippen LogP contribution in [0.2, 0.25) is 0 Å². The second-order valence-electron chi connectivity index (χ2n) is 4.09. The molecule has 76 valence electrons. The largest absolute Gasteiger partial charge is 0.346 e. The standard InChI is InChI=1S/C12H18N2/c13-9-10-2-1-3-12(8-10)11-4-6-14-7-5-11/h1-3,8,11,14H,4-7,9,13H2/p+1. The zero-order chi connectivity index (χ0) is 9.80. The van der Waals surface area contributed by atoms with Gasteiger partial charge < -0.3 is 11.1 Å². The van der Waals surface area contributed by atoms with E-state index >= 15 is 0 Å². The molecule has 0 saturated carbocycles. The Morgan fingerprint density at radius 1 is 1.29 bits per heavy atom. The molecule has 2 heteroatoms. The lowest BCUT2D eigenvalue weighted by Gasteiger charge is -2.21. The summed E-state index contributed by atoms with van der Waals surface area (Å²) in [4.78, 5) is 0. The fourth-order valence-corrected chi connectivity index (χ4v) is 2.23. The van der Waals surface area contributed by atoms with Crippen LogP contribution in [0.15, 0.2) is 24.3 Å². The molecule has 1 saturated heterocycles. The minimum Gasteiger partial charge on any atom is -0.346 e. The molecular weight excluding hydrogens is 172 g/mol. The minimum atomic E-state index is 0.659. The molecule has 1 fully saturated rings. The summed E-state index contributed by atoms with van der Waals surface area (Å²) < 4.78 is 0.